The van der Waals surface area contributed by atoms with E-state index in [1.165, 1.54) is 0 Å². The standard InChI is InChI=1S/C19H20N2O3/c1-19(2,3)24-17(22)10-13-8-9-16(20-11-13)21-12-14-6-4-5-7-15(14)18(21)23/h4-9,11-12,23H,10H2,1-3H3. The van der Waals surface area contributed by atoms with Crippen molar-refractivity contribution in [1.29, 1.82) is 0 Å². The second-order valence-corrected chi connectivity index (χ2v) is 6.70. The molecule has 1 N–H and O–H groups in total. The monoisotopic (exact) mass is 324 g/mol. The maximum Gasteiger partial charge on any atom is 0.310 e. The molecule has 0 saturated heterocycles. The molecule has 5 heteroatoms. The second kappa shape index (κ2) is 6.00. The van der Waals surface area contributed by atoms with Gasteiger partial charge in [-0.25, -0.2) is 4.98 Å². The summed E-state index contributed by atoms with van der Waals surface area (Å²) in [6.45, 7) is 5.52. The van der Waals surface area contributed by atoms with E-state index >= 15 is 0 Å². The second-order valence-electron chi connectivity index (χ2n) is 6.70. The molecule has 0 atom stereocenters. The summed E-state index contributed by atoms with van der Waals surface area (Å²) in [6, 6.07) is 11.2. The van der Waals surface area contributed by atoms with Crippen molar-refractivity contribution in [3.8, 4) is 11.7 Å². The topological polar surface area (TPSA) is 64.3 Å². The minimum absolute atomic E-state index is 0.151. The van der Waals surface area contributed by atoms with E-state index in [-0.39, 0.29) is 18.3 Å². The lowest BCUT2D eigenvalue weighted by molar-refractivity contribution is -0.153. The third kappa shape index (κ3) is 3.40. The molecule has 0 amide bonds. The van der Waals surface area contributed by atoms with Gasteiger partial charge >= 0.3 is 5.97 Å². The van der Waals surface area contributed by atoms with Crippen molar-refractivity contribution in [3.63, 3.8) is 0 Å². The molecule has 0 unspecified atom stereocenters. The van der Waals surface area contributed by atoms with Crippen molar-refractivity contribution >= 4 is 16.7 Å². The molecule has 124 valence electrons. The van der Waals surface area contributed by atoms with Crippen LogP contribution in [0, 0.1) is 0 Å². The molecule has 0 bridgehead atoms. The van der Waals surface area contributed by atoms with E-state index in [2.05, 4.69) is 4.98 Å². The molecule has 0 spiro atoms. The molecule has 0 saturated carbocycles. The van der Waals surface area contributed by atoms with Crippen LogP contribution in [-0.4, -0.2) is 26.2 Å². The molecule has 1 aromatic carbocycles. The number of esters is 1. The van der Waals surface area contributed by atoms with Crippen LogP contribution in [0.25, 0.3) is 16.6 Å². The fourth-order valence-electron chi connectivity index (χ4n) is 2.53. The number of pyridine rings is 1. The number of hydrogen-bond acceptors (Lipinski definition) is 4. The highest BCUT2D eigenvalue weighted by molar-refractivity contribution is 5.88. The molecule has 24 heavy (non-hydrogen) atoms. The highest BCUT2D eigenvalue weighted by Crippen LogP contribution is 2.29. The number of carbonyl (C=O) groups is 1. The summed E-state index contributed by atoms with van der Waals surface area (Å²) in [4.78, 5) is 16.2. The van der Waals surface area contributed by atoms with Crippen molar-refractivity contribution in [2.75, 3.05) is 0 Å². The molecular formula is C19H20N2O3. The van der Waals surface area contributed by atoms with Gasteiger partial charge in [0, 0.05) is 23.2 Å². The Balaban J connectivity index is 1.81. The lowest BCUT2D eigenvalue weighted by atomic mass is 10.1. The third-order valence-electron chi connectivity index (χ3n) is 3.52. The van der Waals surface area contributed by atoms with Gasteiger partial charge in [-0.1, -0.05) is 24.3 Å². The first-order chi connectivity index (χ1) is 11.3. The molecule has 3 rings (SSSR count). The van der Waals surface area contributed by atoms with Gasteiger partial charge < -0.3 is 9.84 Å². The van der Waals surface area contributed by atoms with Crippen LogP contribution in [0.1, 0.15) is 26.3 Å². The predicted octanol–water partition coefficient (Wildman–Crippen LogP) is 3.62. The molecule has 2 aromatic heterocycles. The van der Waals surface area contributed by atoms with Crippen LogP contribution in [0.5, 0.6) is 5.88 Å². The van der Waals surface area contributed by atoms with E-state index in [9.17, 15) is 9.90 Å². The summed E-state index contributed by atoms with van der Waals surface area (Å²) < 4.78 is 6.93. The first kappa shape index (κ1) is 16.1. The fraction of sp³-hybridized carbons (Fsp3) is 0.263. The molecule has 3 aromatic rings. The number of benzene rings is 1. The first-order valence-corrected chi connectivity index (χ1v) is 7.80. The Morgan fingerprint density at radius 1 is 1.21 bits per heavy atom. The maximum atomic E-state index is 11.9. The smallest absolute Gasteiger partial charge is 0.310 e. The van der Waals surface area contributed by atoms with Gasteiger partial charge in [0.15, 0.2) is 0 Å². The first-order valence-electron chi connectivity index (χ1n) is 7.80. The number of aromatic hydroxyl groups is 1. The quantitative estimate of drug-likeness (QED) is 0.747. The van der Waals surface area contributed by atoms with Gasteiger partial charge in [0.05, 0.1) is 6.42 Å². The van der Waals surface area contributed by atoms with Crippen molar-refractivity contribution < 1.29 is 14.6 Å². The van der Waals surface area contributed by atoms with E-state index in [0.717, 1.165) is 16.3 Å². The summed E-state index contributed by atoms with van der Waals surface area (Å²) in [6.07, 6.45) is 3.63. The van der Waals surface area contributed by atoms with E-state index in [1.54, 1.807) is 16.8 Å². The van der Waals surface area contributed by atoms with Crippen LogP contribution in [0.4, 0.5) is 0 Å². The third-order valence-corrected chi connectivity index (χ3v) is 3.52. The normalized spacial score (nSPS) is 11.6. The lowest BCUT2D eigenvalue weighted by Crippen LogP contribution is -2.24. The van der Waals surface area contributed by atoms with Crippen molar-refractivity contribution in [3.05, 3.63) is 54.4 Å². The minimum Gasteiger partial charge on any atom is -0.494 e. The van der Waals surface area contributed by atoms with Gasteiger partial charge in [-0.05, 0) is 38.5 Å². The van der Waals surface area contributed by atoms with Crippen LogP contribution in [0.2, 0.25) is 0 Å². The lowest BCUT2D eigenvalue weighted by Gasteiger charge is -2.19. The minimum atomic E-state index is -0.499. The zero-order valence-corrected chi connectivity index (χ0v) is 14.0. The van der Waals surface area contributed by atoms with Crippen molar-refractivity contribution in [2.45, 2.75) is 32.8 Å². The molecule has 0 aliphatic heterocycles. The summed E-state index contributed by atoms with van der Waals surface area (Å²) >= 11 is 0. The predicted molar refractivity (Wildman–Crippen MR) is 92.3 cm³/mol. The number of ether oxygens (including phenoxy) is 1. The molecule has 5 nitrogen and oxygen atoms in total. The molecule has 0 aliphatic carbocycles. The highest BCUT2D eigenvalue weighted by Gasteiger charge is 2.17. The SMILES string of the molecule is CC(C)(C)OC(=O)Cc1ccc(-n2cc3ccccc3c2O)nc1. The van der Waals surface area contributed by atoms with Gasteiger partial charge in [-0.3, -0.25) is 9.36 Å². The van der Waals surface area contributed by atoms with Gasteiger partial charge in [-0.2, -0.15) is 0 Å². The number of hydrogen-bond donors (Lipinski definition) is 1. The Morgan fingerprint density at radius 2 is 1.96 bits per heavy atom. The zero-order valence-electron chi connectivity index (χ0n) is 14.0. The van der Waals surface area contributed by atoms with Crippen LogP contribution >= 0.6 is 0 Å². The number of rotatable bonds is 3. The Morgan fingerprint density at radius 3 is 2.58 bits per heavy atom. The molecule has 0 fully saturated rings. The number of carbonyl (C=O) groups excluding carboxylic acids is 1. The summed E-state index contributed by atoms with van der Waals surface area (Å²) in [7, 11) is 0. The summed E-state index contributed by atoms with van der Waals surface area (Å²) in [5, 5.41) is 12.0. The largest absolute Gasteiger partial charge is 0.494 e. The van der Waals surface area contributed by atoms with E-state index in [4.69, 9.17) is 4.74 Å². The van der Waals surface area contributed by atoms with E-state index < -0.39 is 5.60 Å². The van der Waals surface area contributed by atoms with E-state index in [1.807, 2.05) is 57.3 Å². The van der Waals surface area contributed by atoms with Gasteiger partial charge in [-0.15, -0.1) is 0 Å². The average molecular weight is 324 g/mol. The molecule has 0 radical (unpaired) electrons. The van der Waals surface area contributed by atoms with Crippen molar-refractivity contribution in [1.82, 2.24) is 9.55 Å². The number of fused-ring (bicyclic) bond motifs is 1. The molecule has 2 heterocycles. The van der Waals surface area contributed by atoms with Gasteiger partial charge in [0.1, 0.15) is 11.4 Å². The molecule has 0 aliphatic rings. The van der Waals surface area contributed by atoms with Gasteiger partial charge in [0.2, 0.25) is 5.88 Å². The van der Waals surface area contributed by atoms with Crippen LogP contribution in [-0.2, 0) is 16.0 Å². The van der Waals surface area contributed by atoms with Crippen LogP contribution in [0.15, 0.2) is 48.8 Å². The Hall–Kier alpha value is -2.82. The number of nitrogens with zero attached hydrogens (tertiary/aromatic N) is 2. The molecular weight excluding hydrogens is 304 g/mol. The Kier molecular flexibility index (Phi) is 4.01. The number of aromatic nitrogens is 2. The van der Waals surface area contributed by atoms with Crippen LogP contribution < -0.4 is 0 Å². The van der Waals surface area contributed by atoms with Crippen LogP contribution in [0.3, 0.4) is 0 Å². The fourth-order valence-corrected chi connectivity index (χ4v) is 2.53. The highest BCUT2D eigenvalue weighted by atomic mass is 16.6. The summed E-state index contributed by atoms with van der Waals surface area (Å²) in [5.41, 5.74) is 0.269. The van der Waals surface area contributed by atoms with Gasteiger partial charge in [0.25, 0.3) is 0 Å². The average Bonchev–Trinajstić information content (AvgIpc) is 2.84. The van der Waals surface area contributed by atoms with E-state index in [0.29, 0.717) is 5.82 Å². The zero-order chi connectivity index (χ0) is 17.3. The summed E-state index contributed by atoms with van der Waals surface area (Å²) in [5.74, 6) is 0.459. The van der Waals surface area contributed by atoms with Crippen molar-refractivity contribution in [2.24, 2.45) is 0 Å². The maximum absolute atomic E-state index is 11.9. The Labute approximate surface area is 140 Å². The Bertz CT molecular complexity index is 874.